The van der Waals surface area contributed by atoms with Crippen LogP contribution in [0.5, 0.6) is 0 Å². The van der Waals surface area contributed by atoms with Gasteiger partial charge >= 0.3 is 0 Å². The van der Waals surface area contributed by atoms with Gasteiger partial charge in [0.2, 0.25) is 0 Å². The van der Waals surface area contributed by atoms with Gasteiger partial charge in [0.25, 0.3) is 0 Å². The van der Waals surface area contributed by atoms with Gasteiger partial charge in [0, 0.05) is 31.9 Å². The zero-order valence-electron chi connectivity index (χ0n) is 12.4. The summed E-state index contributed by atoms with van der Waals surface area (Å²) in [6.07, 6.45) is 3.46. The summed E-state index contributed by atoms with van der Waals surface area (Å²) in [6.45, 7) is 5.19. The third-order valence-corrected chi connectivity index (χ3v) is 3.33. The quantitative estimate of drug-likeness (QED) is 0.780. The van der Waals surface area contributed by atoms with E-state index in [1.807, 2.05) is 39.2 Å². The van der Waals surface area contributed by atoms with Crippen LogP contribution in [0.2, 0.25) is 0 Å². The minimum atomic E-state index is 0.661. The van der Waals surface area contributed by atoms with Crippen molar-refractivity contribution in [1.82, 2.24) is 20.1 Å². The van der Waals surface area contributed by atoms with Gasteiger partial charge in [-0.2, -0.15) is 5.10 Å². The summed E-state index contributed by atoms with van der Waals surface area (Å²) in [4.78, 5) is 4.17. The second kappa shape index (κ2) is 5.57. The number of hydrogen-bond acceptors (Lipinski definition) is 5. The topological polar surface area (TPSA) is 69.0 Å². The minimum absolute atomic E-state index is 0.661. The minimum Gasteiger partial charge on any atom is -0.460 e. The van der Waals surface area contributed by atoms with Crippen LogP contribution >= 0.6 is 0 Å². The molecule has 0 radical (unpaired) electrons. The summed E-state index contributed by atoms with van der Waals surface area (Å²) in [5.41, 5.74) is 2.89. The van der Waals surface area contributed by atoms with E-state index in [0.29, 0.717) is 13.1 Å². The molecular formula is C15H18N4O2. The zero-order valence-corrected chi connectivity index (χ0v) is 12.4. The number of oxazole rings is 1. The van der Waals surface area contributed by atoms with Gasteiger partial charge in [-0.25, -0.2) is 4.98 Å². The van der Waals surface area contributed by atoms with Gasteiger partial charge < -0.3 is 14.2 Å². The summed E-state index contributed by atoms with van der Waals surface area (Å²) in [7, 11) is 1.91. The Bertz CT molecular complexity index is 739. The first-order chi connectivity index (χ1) is 10.1. The molecule has 0 aliphatic carbocycles. The second-order valence-corrected chi connectivity index (χ2v) is 5.05. The maximum absolute atomic E-state index is 5.66. The van der Waals surface area contributed by atoms with Gasteiger partial charge in [0.1, 0.15) is 17.2 Å². The number of furan rings is 1. The number of nitrogens with one attached hydrogen (secondary N) is 1. The maximum atomic E-state index is 5.66. The molecule has 0 bridgehead atoms. The number of hydrogen-bond donors (Lipinski definition) is 1. The van der Waals surface area contributed by atoms with E-state index in [0.717, 1.165) is 34.2 Å². The normalized spacial score (nSPS) is 11.2. The lowest BCUT2D eigenvalue weighted by atomic mass is 10.2. The molecule has 21 heavy (non-hydrogen) atoms. The highest BCUT2D eigenvalue weighted by Gasteiger charge is 2.13. The van der Waals surface area contributed by atoms with Crippen molar-refractivity contribution in [1.29, 1.82) is 0 Å². The highest BCUT2D eigenvalue weighted by molar-refractivity contribution is 5.56. The van der Waals surface area contributed by atoms with Crippen molar-refractivity contribution in [2.24, 2.45) is 7.05 Å². The Morgan fingerprint density at radius 3 is 2.76 bits per heavy atom. The molecule has 110 valence electrons. The summed E-state index contributed by atoms with van der Waals surface area (Å²) in [6, 6.07) is 3.89. The van der Waals surface area contributed by atoms with E-state index in [1.54, 1.807) is 4.68 Å². The average Bonchev–Trinajstić information content (AvgIpc) is 3.12. The van der Waals surface area contributed by atoms with Crippen molar-refractivity contribution < 1.29 is 8.83 Å². The fourth-order valence-corrected chi connectivity index (χ4v) is 2.25. The SMILES string of the molecule is Cc1ccc(-c2nn(C)cc2CNCc2ncoc2C)o1. The van der Waals surface area contributed by atoms with E-state index in [9.17, 15) is 0 Å². The van der Waals surface area contributed by atoms with Crippen LogP contribution in [0.1, 0.15) is 22.8 Å². The van der Waals surface area contributed by atoms with E-state index < -0.39 is 0 Å². The highest BCUT2D eigenvalue weighted by atomic mass is 16.3. The Labute approximate surface area is 122 Å². The summed E-state index contributed by atoms with van der Waals surface area (Å²) < 4.78 is 12.6. The number of aromatic nitrogens is 3. The Balaban J connectivity index is 1.72. The fraction of sp³-hybridized carbons (Fsp3) is 0.333. The van der Waals surface area contributed by atoms with Gasteiger partial charge in [-0.3, -0.25) is 4.68 Å². The van der Waals surface area contributed by atoms with E-state index in [1.165, 1.54) is 6.39 Å². The molecule has 3 aromatic heterocycles. The van der Waals surface area contributed by atoms with Crippen molar-refractivity contribution in [3.05, 3.63) is 47.5 Å². The predicted octanol–water partition coefficient (Wildman–Crippen LogP) is 2.57. The zero-order chi connectivity index (χ0) is 14.8. The van der Waals surface area contributed by atoms with Crippen LogP contribution < -0.4 is 5.32 Å². The first-order valence-corrected chi connectivity index (χ1v) is 6.82. The van der Waals surface area contributed by atoms with Crippen LogP contribution in [0.4, 0.5) is 0 Å². The van der Waals surface area contributed by atoms with Crippen LogP contribution in [0.15, 0.2) is 33.6 Å². The molecular weight excluding hydrogens is 268 g/mol. The molecule has 0 amide bonds. The molecule has 0 fully saturated rings. The standard InChI is InChI=1S/C15H18N4O2/c1-10-4-5-14(21-10)15-12(8-19(3)18-15)6-16-7-13-11(2)20-9-17-13/h4-5,8-9,16H,6-7H2,1-3H3. The Morgan fingerprint density at radius 2 is 2.10 bits per heavy atom. The number of nitrogens with zero attached hydrogens (tertiary/aromatic N) is 3. The van der Waals surface area contributed by atoms with Crippen LogP contribution in [0.25, 0.3) is 11.5 Å². The first-order valence-electron chi connectivity index (χ1n) is 6.82. The van der Waals surface area contributed by atoms with Crippen LogP contribution in [0.3, 0.4) is 0 Å². The van der Waals surface area contributed by atoms with Crippen LogP contribution in [0, 0.1) is 13.8 Å². The van der Waals surface area contributed by atoms with Gasteiger partial charge in [-0.05, 0) is 26.0 Å². The molecule has 0 aliphatic heterocycles. The average molecular weight is 286 g/mol. The molecule has 0 saturated heterocycles. The lowest BCUT2D eigenvalue weighted by Gasteiger charge is -2.02. The molecule has 0 spiro atoms. The second-order valence-electron chi connectivity index (χ2n) is 5.05. The fourth-order valence-electron chi connectivity index (χ4n) is 2.25. The molecule has 3 rings (SSSR count). The smallest absolute Gasteiger partial charge is 0.181 e. The Kier molecular flexibility index (Phi) is 3.62. The van der Waals surface area contributed by atoms with Crippen molar-refractivity contribution in [3.63, 3.8) is 0 Å². The highest BCUT2D eigenvalue weighted by Crippen LogP contribution is 2.24. The molecule has 6 heteroatoms. The third-order valence-electron chi connectivity index (χ3n) is 3.33. The maximum Gasteiger partial charge on any atom is 0.181 e. The molecule has 0 saturated carbocycles. The molecule has 6 nitrogen and oxygen atoms in total. The van der Waals surface area contributed by atoms with Gasteiger partial charge in [-0.15, -0.1) is 0 Å². The molecule has 1 N–H and O–H groups in total. The molecule has 0 aromatic carbocycles. The van der Waals surface area contributed by atoms with E-state index in [-0.39, 0.29) is 0 Å². The Morgan fingerprint density at radius 1 is 1.24 bits per heavy atom. The van der Waals surface area contributed by atoms with Crippen molar-refractivity contribution in [2.45, 2.75) is 26.9 Å². The third kappa shape index (κ3) is 2.90. The largest absolute Gasteiger partial charge is 0.460 e. The predicted molar refractivity (Wildman–Crippen MR) is 77.4 cm³/mol. The van der Waals surface area contributed by atoms with Gasteiger partial charge in [-0.1, -0.05) is 0 Å². The number of rotatable bonds is 5. The van der Waals surface area contributed by atoms with Gasteiger partial charge in [0.15, 0.2) is 12.2 Å². The molecule has 3 heterocycles. The summed E-state index contributed by atoms with van der Waals surface area (Å²) >= 11 is 0. The first kappa shape index (κ1) is 13.6. The van der Waals surface area contributed by atoms with Crippen molar-refractivity contribution in [2.75, 3.05) is 0 Å². The molecule has 0 aliphatic rings. The molecule has 0 unspecified atom stereocenters. The van der Waals surface area contributed by atoms with Gasteiger partial charge in [0.05, 0.1) is 5.69 Å². The van der Waals surface area contributed by atoms with Crippen molar-refractivity contribution in [3.8, 4) is 11.5 Å². The van der Waals surface area contributed by atoms with E-state index >= 15 is 0 Å². The lowest BCUT2D eigenvalue weighted by Crippen LogP contribution is -2.13. The summed E-state index contributed by atoms with van der Waals surface area (Å²) in [5.74, 6) is 2.52. The number of aryl methyl sites for hydroxylation is 3. The summed E-state index contributed by atoms with van der Waals surface area (Å²) in [5, 5.41) is 7.83. The molecule has 0 atom stereocenters. The van der Waals surface area contributed by atoms with Crippen LogP contribution in [-0.2, 0) is 20.1 Å². The van der Waals surface area contributed by atoms with E-state index in [4.69, 9.17) is 8.83 Å². The van der Waals surface area contributed by atoms with Crippen LogP contribution in [-0.4, -0.2) is 14.8 Å². The lowest BCUT2D eigenvalue weighted by molar-refractivity contribution is 0.522. The molecule has 3 aromatic rings. The van der Waals surface area contributed by atoms with E-state index in [2.05, 4.69) is 15.4 Å². The van der Waals surface area contributed by atoms with Crippen molar-refractivity contribution >= 4 is 0 Å². The Hall–Kier alpha value is -2.34. The monoisotopic (exact) mass is 286 g/mol.